The molecule has 3 aliphatic heterocycles. The van der Waals surface area contributed by atoms with E-state index in [-0.39, 0.29) is 109 Å². The molecule has 2 amide bonds. The molecule has 0 saturated carbocycles. The van der Waals surface area contributed by atoms with Crippen LogP contribution < -0.4 is 0 Å². The number of carbonyl (C=O) groups excluding carboxylic acids is 2. The van der Waals surface area contributed by atoms with Crippen molar-refractivity contribution in [3.8, 4) is 0 Å². The molecule has 4 radical (unpaired) electrons. The number of piperazine rings is 1. The van der Waals surface area contributed by atoms with Crippen molar-refractivity contribution >= 4 is 47.1 Å². The summed E-state index contributed by atoms with van der Waals surface area (Å²) in [6.07, 6.45) is -2.17. The van der Waals surface area contributed by atoms with Gasteiger partial charge < -0.3 is 38.7 Å². The first-order chi connectivity index (χ1) is 20.3. The molecule has 0 bridgehead atoms. The van der Waals surface area contributed by atoms with Crippen molar-refractivity contribution in [2.45, 2.75) is 69.8 Å². The van der Waals surface area contributed by atoms with Crippen molar-refractivity contribution in [2.24, 2.45) is 0 Å². The lowest BCUT2D eigenvalue weighted by atomic mass is 9.97. The van der Waals surface area contributed by atoms with Crippen molar-refractivity contribution in [3.05, 3.63) is 0 Å². The summed E-state index contributed by atoms with van der Waals surface area (Å²) in [5.74, 6) is -2.83. The van der Waals surface area contributed by atoms with Crippen LogP contribution in [0, 0.1) is 0 Å². The zero-order valence-corrected chi connectivity index (χ0v) is 25.6. The molecule has 3 fully saturated rings. The van der Waals surface area contributed by atoms with Crippen molar-refractivity contribution in [3.63, 3.8) is 0 Å². The van der Waals surface area contributed by atoms with Crippen LogP contribution in [0.2, 0.25) is 0 Å². The highest BCUT2D eigenvalue weighted by Gasteiger charge is 2.45. The summed E-state index contributed by atoms with van der Waals surface area (Å²) in [4.78, 5) is 49.8. The Kier molecular flexibility index (Phi) is 13.5. The largest absolute Gasteiger partial charge is 0.481 e. The van der Waals surface area contributed by atoms with Crippen LogP contribution in [-0.4, -0.2) is 165 Å². The summed E-state index contributed by atoms with van der Waals surface area (Å²) in [5, 5.41) is 17.8. The van der Waals surface area contributed by atoms with Gasteiger partial charge in [0.1, 0.15) is 15.7 Å². The van der Waals surface area contributed by atoms with Crippen LogP contribution in [0.5, 0.6) is 0 Å². The lowest BCUT2D eigenvalue weighted by molar-refractivity contribution is -0.146. The van der Waals surface area contributed by atoms with Crippen LogP contribution in [0.3, 0.4) is 0 Å². The van der Waals surface area contributed by atoms with Crippen LogP contribution in [0.1, 0.15) is 39.5 Å². The topological polar surface area (TPSA) is 176 Å². The predicted molar refractivity (Wildman–Crippen MR) is 154 cm³/mol. The fraction of sp³-hybridized carbons (Fsp3) is 0.840. The lowest BCUT2D eigenvalue weighted by Gasteiger charge is -2.46. The number of amides is 2. The second-order valence-corrected chi connectivity index (χ2v) is 13.4. The van der Waals surface area contributed by atoms with Crippen molar-refractivity contribution in [1.29, 1.82) is 0 Å². The molecule has 15 nitrogen and oxygen atoms in total. The molecule has 0 aliphatic carbocycles. The maximum absolute atomic E-state index is 14.8. The van der Waals surface area contributed by atoms with Gasteiger partial charge in [0.15, 0.2) is 0 Å². The quantitative estimate of drug-likeness (QED) is 0.184. The molecule has 3 saturated heterocycles. The van der Waals surface area contributed by atoms with Crippen LogP contribution in [0.4, 0.5) is 0 Å². The average molecular weight is 626 g/mol. The minimum Gasteiger partial charge on any atom is -0.481 e. The molecule has 0 spiro atoms. The zero-order valence-electron chi connectivity index (χ0n) is 24.7. The highest BCUT2D eigenvalue weighted by molar-refractivity contribution is 7.54. The third kappa shape index (κ3) is 10.8. The predicted octanol–water partition coefficient (Wildman–Crippen LogP) is -0.673. The Balaban J connectivity index is 1.73. The monoisotopic (exact) mass is 626 g/mol. The van der Waals surface area contributed by atoms with Gasteiger partial charge in [-0.3, -0.25) is 23.7 Å². The summed E-state index contributed by atoms with van der Waals surface area (Å²) in [7, 11) is 8.38. The minimum atomic E-state index is -3.82. The second kappa shape index (κ2) is 16.4. The van der Waals surface area contributed by atoms with E-state index >= 15 is 0 Å². The van der Waals surface area contributed by atoms with Crippen molar-refractivity contribution < 1.29 is 52.7 Å². The molecule has 3 heterocycles. The molecule has 0 aromatic heterocycles. The van der Waals surface area contributed by atoms with E-state index in [0.29, 0.717) is 0 Å². The van der Waals surface area contributed by atoms with E-state index < -0.39 is 43.8 Å². The van der Waals surface area contributed by atoms with Gasteiger partial charge in [0.25, 0.3) is 0 Å². The smallest absolute Gasteiger partial charge is 0.346 e. The van der Waals surface area contributed by atoms with E-state index in [1.165, 1.54) is 9.80 Å². The SMILES string of the molecule is [B]C1CN(C(=O)CCC(=O)O)CC(COP(=O)(N2CCN(C(=O)CCC(=O)O)CC2)N2CC([B])OC(COC(C)C)C2)O1. The molecule has 5 unspecified atom stereocenters. The highest BCUT2D eigenvalue weighted by Crippen LogP contribution is 2.55. The molecule has 5 atom stereocenters. The van der Waals surface area contributed by atoms with Gasteiger partial charge in [0.05, 0.1) is 44.4 Å². The number of morpholine rings is 2. The summed E-state index contributed by atoms with van der Waals surface area (Å²) in [6.45, 7) is 5.09. The standard InChI is InChI=1S/C25H41B2N4O11P/c1-17(2)39-15-19-12-31(14-21(27)42-19)43(38,30-9-7-28(8-10-30)22(32)3-5-24(34)35)40-16-18-11-29(13-20(26)41-18)23(33)4-6-25(36)37/h17-21H,3-16H2,1-2H3,(H,34,35)(H,36,37). The van der Waals surface area contributed by atoms with Gasteiger partial charge in [-0.15, -0.1) is 0 Å². The lowest BCUT2D eigenvalue weighted by Crippen LogP contribution is -2.54. The van der Waals surface area contributed by atoms with Crippen molar-refractivity contribution in [1.82, 2.24) is 19.1 Å². The average Bonchev–Trinajstić information content (AvgIpc) is 2.95. The Bertz CT molecular complexity index is 1030. The molecule has 0 aromatic rings. The molecule has 43 heavy (non-hydrogen) atoms. The minimum absolute atomic E-state index is 0.0567. The molecule has 18 heteroatoms. The van der Waals surface area contributed by atoms with Crippen LogP contribution in [-0.2, 0) is 42.5 Å². The number of aliphatic carboxylic acids is 2. The fourth-order valence-corrected chi connectivity index (χ4v) is 7.56. The van der Waals surface area contributed by atoms with Gasteiger partial charge in [-0.1, -0.05) is 0 Å². The molecular formula is C25H41B2N4O11P. The van der Waals surface area contributed by atoms with E-state index in [1.54, 1.807) is 9.34 Å². The third-order valence-corrected chi connectivity index (χ3v) is 9.83. The number of carbonyl (C=O) groups is 4. The number of ether oxygens (including phenoxy) is 3. The first kappa shape index (κ1) is 35.5. The highest BCUT2D eigenvalue weighted by atomic mass is 31.2. The van der Waals surface area contributed by atoms with E-state index in [0.717, 1.165) is 0 Å². The molecular weight excluding hydrogens is 585 g/mol. The number of hydrogen-bond donors (Lipinski definition) is 2. The maximum atomic E-state index is 14.8. The Morgan fingerprint density at radius 2 is 1.30 bits per heavy atom. The Morgan fingerprint density at radius 1 is 0.767 bits per heavy atom. The Hall–Kier alpha value is -2.00. The van der Waals surface area contributed by atoms with Gasteiger partial charge in [-0.05, 0) is 13.8 Å². The third-order valence-electron chi connectivity index (χ3n) is 7.19. The van der Waals surface area contributed by atoms with Gasteiger partial charge >= 0.3 is 19.6 Å². The second-order valence-electron chi connectivity index (χ2n) is 11.1. The van der Waals surface area contributed by atoms with Crippen LogP contribution >= 0.6 is 7.67 Å². The van der Waals surface area contributed by atoms with E-state index in [1.807, 2.05) is 13.8 Å². The molecule has 238 valence electrons. The van der Waals surface area contributed by atoms with E-state index in [4.69, 9.17) is 44.6 Å². The Labute approximate surface area is 254 Å². The molecule has 2 N–H and O–H groups in total. The van der Waals surface area contributed by atoms with Gasteiger partial charge in [-0.2, -0.15) is 0 Å². The Morgan fingerprint density at radius 3 is 1.86 bits per heavy atom. The molecule has 3 rings (SSSR count). The summed E-state index contributed by atoms with van der Waals surface area (Å²) in [5.41, 5.74) is 0. The summed E-state index contributed by atoms with van der Waals surface area (Å²) < 4.78 is 41.6. The van der Waals surface area contributed by atoms with Crippen LogP contribution in [0.25, 0.3) is 0 Å². The number of carboxylic acids is 2. The number of carboxylic acid groups (broad SMARTS) is 2. The van der Waals surface area contributed by atoms with E-state index in [2.05, 4.69) is 0 Å². The number of hydrogen-bond acceptors (Lipinski definition) is 9. The van der Waals surface area contributed by atoms with Gasteiger partial charge in [-0.25, -0.2) is 9.34 Å². The van der Waals surface area contributed by atoms with E-state index in [9.17, 15) is 23.7 Å². The molecule has 3 aliphatic rings. The first-order valence-corrected chi connectivity index (χ1v) is 16.0. The van der Waals surface area contributed by atoms with Gasteiger partial charge in [0.2, 0.25) is 11.8 Å². The zero-order chi connectivity index (χ0) is 31.7. The normalized spacial score (nSPS) is 27.1. The number of rotatable bonds is 14. The number of nitrogens with zero attached hydrogens (tertiary/aromatic N) is 4. The van der Waals surface area contributed by atoms with Gasteiger partial charge in [0, 0.05) is 77.2 Å². The molecule has 0 aromatic carbocycles. The summed E-state index contributed by atoms with van der Waals surface area (Å²) >= 11 is 0. The van der Waals surface area contributed by atoms with Crippen LogP contribution in [0.15, 0.2) is 0 Å². The summed E-state index contributed by atoms with van der Waals surface area (Å²) in [6, 6.07) is -1.61. The maximum Gasteiger partial charge on any atom is 0.346 e. The first-order valence-electron chi connectivity index (χ1n) is 14.4. The van der Waals surface area contributed by atoms with Crippen molar-refractivity contribution in [2.75, 3.05) is 65.6 Å². The fourth-order valence-electron chi connectivity index (χ4n) is 5.08.